The van der Waals surface area contributed by atoms with Crippen molar-refractivity contribution in [2.45, 2.75) is 18.9 Å². The van der Waals surface area contributed by atoms with Crippen molar-refractivity contribution in [2.75, 3.05) is 6.61 Å². The van der Waals surface area contributed by atoms with E-state index in [-0.39, 0.29) is 18.6 Å². The highest BCUT2D eigenvalue weighted by Gasteiger charge is 2.12. The Kier molecular flexibility index (Phi) is 6.75. The Morgan fingerprint density at radius 3 is 2.71 bits per heavy atom. The maximum Gasteiger partial charge on any atom is 0.244 e. The summed E-state index contributed by atoms with van der Waals surface area (Å²) in [5.74, 6) is -0.204. The predicted molar refractivity (Wildman–Crippen MR) is 93.8 cm³/mol. The third-order valence-corrected chi connectivity index (χ3v) is 3.61. The zero-order chi connectivity index (χ0) is 17.2. The maximum atomic E-state index is 12.2. The van der Waals surface area contributed by atoms with Crippen LogP contribution in [0, 0.1) is 11.3 Å². The largest absolute Gasteiger partial charge is 0.396 e. The van der Waals surface area contributed by atoms with Crippen LogP contribution >= 0.6 is 0 Å². The van der Waals surface area contributed by atoms with Crippen LogP contribution in [0.3, 0.4) is 0 Å². The lowest BCUT2D eigenvalue weighted by Gasteiger charge is -2.18. The van der Waals surface area contributed by atoms with Gasteiger partial charge in [0.15, 0.2) is 0 Å². The van der Waals surface area contributed by atoms with Gasteiger partial charge in [-0.3, -0.25) is 4.79 Å². The predicted octanol–water partition coefficient (Wildman–Crippen LogP) is 3.20. The summed E-state index contributed by atoms with van der Waals surface area (Å²) < 4.78 is 0. The Morgan fingerprint density at radius 1 is 1.21 bits per heavy atom. The van der Waals surface area contributed by atoms with E-state index >= 15 is 0 Å². The number of nitrogens with zero attached hydrogens (tertiary/aromatic N) is 1. The minimum atomic E-state index is -0.204. The molecular formula is C20H20N2O2. The van der Waals surface area contributed by atoms with Crippen molar-refractivity contribution in [1.82, 2.24) is 5.32 Å². The zero-order valence-corrected chi connectivity index (χ0v) is 13.4. The van der Waals surface area contributed by atoms with Gasteiger partial charge in [0, 0.05) is 12.7 Å². The fraction of sp³-hybridized carbons (Fsp3) is 0.200. The Morgan fingerprint density at radius 2 is 2.00 bits per heavy atom. The second kappa shape index (κ2) is 9.29. The number of aliphatic hydroxyl groups is 1. The third-order valence-electron chi connectivity index (χ3n) is 3.61. The van der Waals surface area contributed by atoms with Gasteiger partial charge < -0.3 is 10.4 Å². The van der Waals surface area contributed by atoms with Gasteiger partial charge in [-0.1, -0.05) is 42.5 Å². The molecule has 2 aromatic carbocycles. The maximum absolute atomic E-state index is 12.2. The molecule has 2 N–H and O–H groups in total. The molecule has 0 fully saturated rings. The van der Waals surface area contributed by atoms with Crippen LogP contribution in [0.2, 0.25) is 0 Å². The average molecular weight is 320 g/mol. The van der Waals surface area contributed by atoms with E-state index < -0.39 is 0 Å². The lowest BCUT2D eigenvalue weighted by molar-refractivity contribution is -0.117. The molecule has 0 heterocycles. The molecule has 0 aliphatic carbocycles. The number of hydrogen-bond donors (Lipinski definition) is 2. The molecule has 0 spiro atoms. The number of nitriles is 1. The van der Waals surface area contributed by atoms with Gasteiger partial charge >= 0.3 is 0 Å². The van der Waals surface area contributed by atoms with E-state index in [1.54, 1.807) is 24.3 Å². The van der Waals surface area contributed by atoms with Crippen LogP contribution in [-0.2, 0) is 4.79 Å². The van der Waals surface area contributed by atoms with Crippen LogP contribution in [0.4, 0.5) is 0 Å². The van der Waals surface area contributed by atoms with Gasteiger partial charge in [-0.05, 0) is 42.2 Å². The molecular weight excluding hydrogens is 300 g/mol. The van der Waals surface area contributed by atoms with Crippen LogP contribution in [0.15, 0.2) is 60.7 Å². The summed E-state index contributed by atoms with van der Waals surface area (Å²) in [4.78, 5) is 12.2. The van der Waals surface area contributed by atoms with Gasteiger partial charge in [0.25, 0.3) is 0 Å². The highest BCUT2D eigenvalue weighted by Crippen LogP contribution is 2.18. The summed E-state index contributed by atoms with van der Waals surface area (Å²) in [7, 11) is 0. The van der Waals surface area contributed by atoms with Crippen molar-refractivity contribution in [1.29, 1.82) is 5.26 Å². The van der Waals surface area contributed by atoms with Crippen LogP contribution in [0.5, 0.6) is 0 Å². The van der Waals surface area contributed by atoms with Gasteiger partial charge in [-0.25, -0.2) is 0 Å². The Hall–Kier alpha value is -2.90. The highest BCUT2D eigenvalue weighted by atomic mass is 16.3. The van der Waals surface area contributed by atoms with Gasteiger partial charge in [0.05, 0.1) is 17.7 Å². The number of aliphatic hydroxyl groups excluding tert-OH is 1. The summed E-state index contributed by atoms with van der Waals surface area (Å²) in [5, 5.41) is 20.9. The molecule has 2 rings (SSSR count). The number of carbonyl (C=O) groups excluding carboxylic acids is 1. The number of amides is 1. The van der Waals surface area contributed by atoms with Crippen molar-refractivity contribution in [3.63, 3.8) is 0 Å². The molecule has 0 radical (unpaired) electrons. The Labute approximate surface area is 142 Å². The van der Waals surface area contributed by atoms with Crippen molar-refractivity contribution in [3.05, 3.63) is 77.4 Å². The summed E-state index contributed by atoms with van der Waals surface area (Å²) in [6.07, 6.45) is 4.44. The van der Waals surface area contributed by atoms with E-state index in [1.165, 1.54) is 6.08 Å². The van der Waals surface area contributed by atoms with E-state index in [9.17, 15) is 4.79 Å². The lowest BCUT2D eigenvalue weighted by Crippen LogP contribution is -2.27. The quantitative estimate of drug-likeness (QED) is 0.769. The third kappa shape index (κ3) is 5.38. The topological polar surface area (TPSA) is 73.1 Å². The van der Waals surface area contributed by atoms with Crippen LogP contribution < -0.4 is 5.32 Å². The highest BCUT2D eigenvalue weighted by molar-refractivity contribution is 5.92. The Balaban J connectivity index is 2.04. The number of hydrogen-bond acceptors (Lipinski definition) is 3. The second-order valence-electron chi connectivity index (χ2n) is 5.41. The Bertz CT molecular complexity index is 733. The first kappa shape index (κ1) is 17.5. The molecule has 4 heteroatoms. The molecule has 4 nitrogen and oxygen atoms in total. The van der Waals surface area contributed by atoms with Crippen molar-refractivity contribution >= 4 is 12.0 Å². The second-order valence-corrected chi connectivity index (χ2v) is 5.41. The van der Waals surface area contributed by atoms with E-state index in [1.807, 2.05) is 36.4 Å². The molecule has 24 heavy (non-hydrogen) atoms. The molecule has 0 bridgehead atoms. The molecule has 1 unspecified atom stereocenters. The van der Waals surface area contributed by atoms with E-state index in [2.05, 4.69) is 11.4 Å². The number of rotatable bonds is 7. The number of nitrogens with one attached hydrogen (secondary N) is 1. The first-order chi connectivity index (χ1) is 11.7. The van der Waals surface area contributed by atoms with Crippen molar-refractivity contribution in [3.8, 4) is 6.07 Å². The summed E-state index contributed by atoms with van der Waals surface area (Å²) in [6.45, 7) is 0.0932. The lowest BCUT2D eigenvalue weighted by atomic mass is 10.0. The fourth-order valence-electron chi connectivity index (χ4n) is 2.41. The molecule has 2 aromatic rings. The summed E-state index contributed by atoms with van der Waals surface area (Å²) >= 11 is 0. The zero-order valence-electron chi connectivity index (χ0n) is 13.4. The normalized spacial score (nSPS) is 11.8. The van der Waals surface area contributed by atoms with Crippen LogP contribution in [-0.4, -0.2) is 17.6 Å². The van der Waals surface area contributed by atoms with Gasteiger partial charge in [0.2, 0.25) is 5.91 Å². The van der Waals surface area contributed by atoms with E-state index in [0.29, 0.717) is 18.4 Å². The van der Waals surface area contributed by atoms with Crippen molar-refractivity contribution in [2.24, 2.45) is 0 Å². The molecule has 0 aliphatic rings. The fourth-order valence-corrected chi connectivity index (χ4v) is 2.41. The van der Waals surface area contributed by atoms with Crippen LogP contribution in [0.25, 0.3) is 6.08 Å². The van der Waals surface area contributed by atoms with Gasteiger partial charge in [-0.15, -0.1) is 0 Å². The first-order valence-corrected chi connectivity index (χ1v) is 7.87. The molecule has 0 aliphatic heterocycles. The SMILES string of the molecule is N#Cc1cccc(/C=C/C(=O)NC(CCCO)c2ccccc2)c1. The standard InChI is InChI=1S/C20H20N2O2/c21-15-17-7-4-6-16(14-17)11-12-20(24)22-19(10-5-13-23)18-8-2-1-3-9-18/h1-4,6-9,11-12,14,19,23H,5,10,13H2,(H,22,24)/b12-11+. The molecule has 0 saturated heterocycles. The molecule has 1 amide bonds. The minimum Gasteiger partial charge on any atom is -0.396 e. The monoisotopic (exact) mass is 320 g/mol. The number of benzene rings is 2. The smallest absolute Gasteiger partial charge is 0.244 e. The van der Waals surface area contributed by atoms with Crippen LogP contribution in [0.1, 0.15) is 35.6 Å². The van der Waals surface area contributed by atoms with E-state index in [4.69, 9.17) is 10.4 Å². The van der Waals surface area contributed by atoms with Gasteiger partial charge in [0.1, 0.15) is 0 Å². The van der Waals surface area contributed by atoms with Crippen molar-refractivity contribution < 1.29 is 9.90 Å². The average Bonchev–Trinajstić information content (AvgIpc) is 2.64. The van der Waals surface area contributed by atoms with Gasteiger partial charge in [-0.2, -0.15) is 5.26 Å². The van der Waals surface area contributed by atoms with E-state index in [0.717, 1.165) is 11.1 Å². The molecule has 1 atom stereocenters. The summed E-state index contributed by atoms with van der Waals surface area (Å²) in [6, 6.07) is 18.7. The number of carbonyl (C=O) groups is 1. The molecule has 122 valence electrons. The minimum absolute atomic E-state index is 0.0932. The first-order valence-electron chi connectivity index (χ1n) is 7.87. The molecule has 0 aromatic heterocycles. The molecule has 0 saturated carbocycles. The summed E-state index contributed by atoms with van der Waals surface area (Å²) in [5.41, 5.74) is 2.37.